The number of benzene rings is 1. The van der Waals surface area contributed by atoms with Gasteiger partial charge in [0.1, 0.15) is 5.15 Å². The molecule has 0 atom stereocenters. The van der Waals surface area contributed by atoms with E-state index < -0.39 is 11.2 Å². The van der Waals surface area contributed by atoms with Gasteiger partial charge in [0.2, 0.25) is 0 Å². The van der Waals surface area contributed by atoms with Gasteiger partial charge in [-0.2, -0.15) is 0 Å². The maximum atomic E-state index is 12.0. The third-order valence-electron chi connectivity index (χ3n) is 2.57. The quantitative estimate of drug-likeness (QED) is 0.784. The third kappa shape index (κ3) is 2.03. The largest absolute Gasteiger partial charge is 0.329 e. The lowest BCUT2D eigenvalue weighted by atomic mass is 10.1. The number of nitrogens with zero attached hydrogens (tertiary/aromatic N) is 1. The van der Waals surface area contributed by atoms with E-state index in [9.17, 15) is 9.59 Å². The van der Waals surface area contributed by atoms with Crippen molar-refractivity contribution in [1.82, 2.24) is 9.55 Å². The summed E-state index contributed by atoms with van der Waals surface area (Å²) >= 11 is 5.92. The molecule has 2 aromatic rings. The lowest BCUT2D eigenvalue weighted by molar-refractivity contribution is 0.779. The summed E-state index contributed by atoms with van der Waals surface area (Å²) in [5.74, 6) is 0. The highest BCUT2D eigenvalue weighted by atomic mass is 35.5. The number of H-pyrrole nitrogens is 1. The first-order valence-corrected chi connectivity index (χ1v) is 5.44. The summed E-state index contributed by atoms with van der Waals surface area (Å²) in [6.07, 6.45) is 0. The lowest BCUT2D eigenvalue weighted by Crippen LogP contribution is -2.33. The first kappa shape index (κ1) is 11.7. The molecule has 2 rings (SSSR count). The van der Waals surface area contributed by atoms with Crippen LogP contribution < -0.4 is 11.2 Å². The van der Waals surface area contributed by atoms with Crippen LogP contribution in [0.5, 0.6) is 0 Å². The van der Waals surface area contributed by atoms with Crippen molar-refractivity contribution in [2.24, 2.45) is 7.05 Å². The molecular weight excluding hydrogens is 240 g/mol. The van der Waals surface area contributed by atoms with Gasteiger partial charge in [-0.25, -0.2) is 4.79 Å². The molecule has 0 radical (unpaired) electrons. The Morgan fingerprint density at radius 3 is 2.65 bits per heavy atom. The Balaban J connectivity index is 2.81. The molecule has 5 heteroatoms. The van der Waals surface area contributed by atoms with Crippen LogP contribution in [0.3, 0.4) is 0 Å². The highest BCUT2D eigenvalue weighted by molar-refractivity contribution is 6.32. The summed E-state index contributed by atoms with van der Waals surface area (Å²) in [4.78, 5) is 25.8. The van der Waals surface area contributed by atoms with E-state index in [2.05, 4.69) is 4.98 Å². The first-order chi connectivity index (χ1) is 8.00. The minimum atomic E-state index is -0.517. The van der Waals surface area contributed by atoms with Crippen molar-refractivity contribution in [3.05, 3.63) is 55.8 Å². The maximum Gasteiger partial charge on any atom is 0.329 e. The van der Waals surface area contributed by atoms with E-state index in [0.717, 1.165) is 10.1 Å². The van der Waals surface area contributed by atoms with Crippen LogP contribution in [0.1, 0.15) is 5.56 Å². The van der Waals surface area contributed by atoms with Crippen LogP contribution >= 0.6 is 11.6 Å². The molecule has 4 nitrogen and oxygen atoms in total. The normalized spacial score (nSPS) is 10.5. The number of aromatic amines is 1. The Morgan fingerprint density at radius 2 is 2.00 bits per heavy atom. The summed E-state index contributed by atoms with van der Waals surface area (Å²) in [7, 11) is 1.41. The fourth-order valence-corrected chi connectivity index (χ4v) is 1.92. The van der Waals surface area contributed by atoms with E-state index >= 15 is 0 Å². The van der Waals surface area contributed by atoms with Gasteiger partial charge in [0.05, 0.1) is 5.56 Å². The number of hydrogen-bond donors (Lipinski definition) is 1. The summed E-state index contributed by atoms with van der Waals surface area (Å²) < 4.78 is 1.00. The average molecular weight is 251 g/mol. The minimum absolute atomic E-state index is 0.0729. The maximum absolute atomic E-state index is 12.0. The number of rotatable bonds is 1. The standard InChI is InChI=1S/C12H11ClN2O2/c1-7-4-3-5-8(6-7)9-10(13)14-12(17)15(2)11(9)16/h3-6H,1-2H3,(H,14,17). The van der Waals surface area contributed by atoms with Gasteiger partial charge in [-0.3, -0.25) is 14.3 Å². The molecular formula is C12H11ClN2O2. The third-order valence-corrected chi connectivity index (χ3v) is 2.85. The monoisotopic (exact) mass is 250 g/mol. The summed E-state index contributed by atoms with van der Waals surface area (Å²) in [5.41, 5.74) is 1.12. The lowest BCUT2D eigenvalue weighted by Gasteiger charge is -2.06. The van der Waals surface area contributed by atoms with Gasteiger partial charge >= 0.3 is 5.69 Å². The molecule has 1 aromatic heterocycles. The average Bonchev–Trinajstić information content (AvgIpc) is 2.26. The Hall–Kier alpha value is -1.81. The topological polar surface area (TPSA) is 54.9 Å². The molecule has 0 aliphatic carbocycles. The van der Waals surface area contributed by atoms with E-state index in [-0.39, 0.29) is 5.15 Å². The van der Waals surface area contributed by atoms with Crippen molar-refractivity contribution in [2.75, 3.05) is 0 Å². The van der Waals surface area contributed by atoms with Crippen LogP contribution in [0.2, 0.25) is 5.15 Å². The van der Waals surface area contributed by atoms with Crippen molar-refractivity contribution < 1.29 is 0 Å². The molecule has 1 N–H and O–H groups in total. The fraction of sp³-hybridized carbons (Fsp3) is 0.167. The van der Waals surface area contributed by atoms with Gasteiger partial charge < -0.3 is 0 Å². The second-order valence-electron chi connectivity index (χ2n) is 3.85. The molecule has 88 valence electrons. The van der Waals surface area contributed by atoms with Crippen LogP contribution in [0.25, 0.3) is 11.1 Å². The number of nitrogens with one attached hydrogen (secondary N) is 1. The molecule has 0 spiro atoms. The zero-order chi connectivity index (χ0) is 12.6. The zero-order valence-electron chi connectivity index (χ0n) is 9.45. The summed E-state index contributed by atoms with van der Waals surface area (Å²) in [6, 6.07) is 7.40. The second kappa shape index (κ2) is 4.22. The summed E-state index contributed by atoms with van der Waals surface area (Å²) in [5, 5.41) is 0.0729. The zero-order valence-corrected chi connectivity index (χ0v) is 10.2. The van der Waals surface area contributed by atoms with Gasteiger partial charge in [-0.05, 0) is 12.5 Å². The van der Waals surface area contributed by atoms with Crippen molar-refractivity contribution in [2.45, 2.75) is 6.92 Å². The van der Waals surface area contributed by atoms with Gasteiger partial charge in [0, 0.05) is 7.05 Å². The van der Waals surface area contributed by atoms with Crippen molar-refractivity contribution in [3.8, 4) is 11.1 Å². The van der Waals surface area contributed by atoms with Gasteiger partial charge in [-0.15, -0.1) is 0 Å². The Bertz CT molecular complexity index is 686. The molecule has 0 fully saturated rings. The van der Waals surface area contributed by atoms with Crippen LogP contribution in [-0.2, 0) is 7.05 Å². The Morgan fingerprint density at radius 1 is 1.29 bits per heavy atom. The predicted molar refractivity (Wildman–Crippen MR) is 67.5 cm³/mol. The molecule has 1 heterocycles. The fourth-order valence-electron chi connectivity index (χ4n) is 1.64. The number of aryl methyl sites for hydroxylation is 1. The van der Waals surface area contributed by atoms with Crippen LogP contribution in [0.4, 0.5) is 0 Å². The highest BCUT2D eigenvalue weighted by Crippen LogP contribution is 2.21. The molecule has 17 heavy (non-hydrogen) atoms. The van der Waals surface area contributed by atoms with Crippen LogP contribution in [-0.4, -0.2) is 9.55 Å². The van der Waals surface area contributed by atoms with Crippen molar-refractivity contribution in [3.63, 3.8) is 0 Å². The number of hydrogen-bond acceptors (Lipinski definition) is 2. The molecule has 0 unspecified atom stereocenters. The van der Waals surface area contributed by atoms with Crippen molar-refractivity contribution >= 4 is 11.6 Å². The Kier molecular flexibility index (Phi) is 2.90. The highest BCUT2D eigenvalue weighted by Gasteiger charge is 2.12. The second-order valence-corrected chi connectivity index (χ2v) is 4.23. The molecule has 0 aliphatic rings. The smallest absolute Gasteiger partial charge is 0.297 e. The van der Waals surface area contributed by atoms with Gasteiger partial charge in [0.25, 0.3) is 5.56 Å². The molecule has 1 aromatic carbocycles. The van der Waals surface area contributed by atoms with Gasteiger partial charge in [-0.1, -0.05) is 41.4 Å². The van der Waals surface area contributed by atoms with E-state index in [1.807, 2.05) is 25.1 Å². The molecule has 0 amide bonds. The first-order valence-electron chi connectivity index (χ1n) is 5.06. The summed E-state index contributed by atoms with van der Waals surface area (Å²) in [6.45, 7) is 1.92. The Labute approximate surface area is 102 Å². The molecule has 0 saturated heterocycles. The van der Waals surface area contributed by atoms with Crippen LogP contribution in [0, 0.1) is 6.92 Å². The van der Waals surface area contributed by atoms with E-state index in [1.165, 1.54) is 7.05 Å². The number of halogens is 1. The van der Waals surface area contributed by atoms with E-state index in [1.54, 1.807) is 6.07 Å². The van der Waals surface area contributed by atoms with Gasteiger partial charge in [0.15, 0.2) is 0 Å². The predicted octanol–water partition coefficient (Wildman–Crippen LogP) is 1.70. The molecule has 0 aliphatic heterocycles. The van der Waals surface area contributed by atoms with Crippen LogP contribution in [0.15, 0.2) is 33.9 Å². The molecule has 0 bridgehead atoms. The minimum Gasteiger partial charge on any atom is -0.297 e. The SMILES string of the molecule is Cc1cccc(-c2c(Cl)[nH]c(=O)n(C)c2=O)c1. The number of aromatic nitrogens is 2. The van der Waals surface area contributed by atoms with Crippen molar-refractivity contribution in [1.29, 1.82) is 0 Å². The van der Waals surface area contributed by atoms with E-state index in [0.29, 0.717) is 11.1 Å². The van der Waals surface area contributed by atoms with E-state index in [4.69, 9.17) is 11.6 Å². The molecule has 0 saturated carbocycles.